The number of hydrogen-bond acceptors (Lipinski definition) is 1. The summed E-state index contributed by atoms with van der Waals surface area (Å²) < 4.78 is 65.4. The predicted molar refractivity (Wildman–Crippen MR) is 146 cm³/mol. The molecule has 0 aromatic heterocycles. The van der Waals surface area contributed by atoms with E-state index in [1.54, 1.807) is 6.07 Å². The monoisotopic (exact) mass is 530 g/mol. The number of ether oxygens (including phenoxy) is 1. The van der Waals surface area contributed by atoms with E-state index in [1.165, 1.54) is 43.9 Å². The zero-order valence-electron chi connectivity index (χ0n) is 22.9. The smallest absolute Gasteiger partial charge is 0.201 e. The van der Waals surface area contributed by atoms with Crippen LogP contribution >= 0.6 is 0 Å². The van der Waals surface area contributed by atoms with Gasteiger partial charge in [0.15, 0.2) is 23.2 Å². The Bertz CT molecular complexity index is 1080. The standard InChI is InChI=1S/C33H42F4O/c1-3-5-6-7-21-38-29-20-19-28(32(36)33(29)37)27-18-17-26(30(34)31(27)35)25-15-13-24(14-16-25)23-11-9-22(8-4-2)10-12-23/h4,8,17-20,22-25H,3,5-7,9-16,21H2,1-2H3/b8-4+. The van der Waals surface area contributed by atoms with Gasteiger partial charge in [-0.05, 0) is 106 Å². The average molecular weight is 531 g/mol. The van der Waals surface area contributed by atoms with Crippen LogP contribution < -0.4 is 4.74 Å². The molecule has 0 N–H and O–H groups in total. The van der Waals surface area contributed by atoms with E-state index in [9.17, 15) is 8.78 Å². The van der Waals surface area contributed by atoms with Crippen molar-refractivity contribution in [3.8, 4) is 16.9 Å². The Morgan fingerprint density at radius 2 is 1.32 bits per heavy atom. The molecule has 2 fully saturated rings. The topological polar surface area (TPSA) is 9.23 Å². The van der Waals surface area contributed by atoms with Crippen LogP contribution in [0.1, 0.15) is 102 Å². The van der Waals surface area contributed by atoms with Crippen molar-refractivity contribution in [3.63, 3.8) is 0 Å². The minimum Gasteiger partial charge on any atom is -0.490 e. The van der Waals surface area contributed by atoms with Crippen LogP contribution in [0.3, 0.4) is 0 Å². The molecule has 0 atom stereocenters. The minimum absolute atomic E-state index is 0.0424. The van der Waals surface area contributed by atoms with Crippen molar-refractivity contribution < 1.29 is 22.3 Å². The van der Waals surface area contributed by atoms with Crippen molar-refractivity contribution in [3.05, 3.63) is 65.2 Å². The summed E-state index contributed by atoms with van der Waals surface area (Å²) in [6.07, 6.45) is 17.1. The van der Waals surface area contributed by atoms with Gasteiger partial charge in [0.05, 0.1) is 6.61 Å². The highest BCUT2D eigenvalue weighted by Crippen LogP contribution is 2.45. The third kappa shape index (κ3) is 6.63. The van der Waals surface area contributed by atoms with Crippen LogP contribution in [0.4, 0.5) is 17.6 Å². The van der Waals surface area contributed by atoms with Gasteiger partial charge in [-0.2, -0.15) is 4.39 Å². The van der Waals surface area contributed by atoms with E-state index in [0.29, 0.717) is 17.4 Å². The van der Waals surface area contributed by atoms with Crippen LogP contribution in [-0.4, -0.2) is 6.61 Å². The van der Waals surface area contributed by atoms with E-state index in [-0.39, 0.29) is 29.4 Å². The van der Waals surface area contributed by atoms with Crippen molar-refractivity contribution in [1.82, 2.24) is 0 Å². The van der Waals surface area contributed by atoms with Crippen molar-refractivity contribution in [1.29, 1.82) is 0 Å². The Balaban J connectivity index is 1.40. The maximum atomic E-state index is 15.3. The van der Waals surface area contributed by atoms with E-state index in [4.69, 9.17) is 4.74 Å². The molecular weight excluding hydrogens is 488 g/mol. The lowest BCUT2D eigenvalue weighted by molar-refractivity contribution is 0.170. The van der Waals surface area contributed by atoms with Gasteiger partial charge < -0.3 is 4.74 Å². The summed E-state index contributed by atoms with van der Waals surface area (Å²) in [6.45, 7) is 4.46. The molecule has 0 unspecified atom stereocenters. The summed E-state index contributed by atoms with van der Waals surface area (Å²) in [5.74, 6) is -2.57. The highest BCUT2D eigenvalue weighted by molar-refractivity contribution is 5.66. The van der Waals surface area contributed by atoms with Crippen LogP contribution in [0.25, 0.3) is 11.1 Å². The fourth-order valence-electron chi connectivity index (χ4n) is 6.63. The summed E-state index contributed by atoms with van der Waals surface area (Å²) in [5, 5.41) is 0. The first-order valence-corrected chi connectivity index (χ1v) is 14.7. The number of benzene rings is 2. The molecule has 2 saturated carbocycles. The van der Waals surface area contributed by atoms with E-state index < -0.39 is 23.3 Å². The highest BCUT2D eigenvalue weighted by Gasteiger charge is 2.32. The van der Waals surface area contributed by atoms with Gasteiger partial charge in [0, 0.05) is 11.1 Å². The largest absolute Gasteiger partial charge is 0.490 e. The normalized spacial score (nSPS) is 24.2. The second-order valence-electron chi connectivity index (χ2n) is 11.3. The second kappa shape index (κ2) is 13.7. The van der Waals surface area contributed by atoms with E-state index in [1.807, 2.05) is 0 Å². The number of halogens is 4. The number of allylic oxidation sites excluding steroid dienone is 2. The molecule has 208 valence electrons. The van der Waals surface area contributed by atoms with Gasteiger partial charge in [-0.25, -0.2) is 13.2 Å². The summed E-state index contributed by atoms with van der Waals surface area (Å²) in [7, 11) is 0. The van der Waals surface area contributed by atoms with E-state index in [0.717, 1.165) is 57.3 Å². The molecule has 0 heterocycles. The fraction of sp³-hybridized carbons (Fsp3) is 0.576. The molecule has 2 aliphatic rings. The quantitative estimate of drug-likeness (QED) is 0.169. The lowest BCUT2D eigenvalue weighted by Gasteiger charge is -2.37. The summed E-state index contributed by atoms with van der Waals surface area (Å²) in [4.78, 5) is 0. The maximum absolute atomic E-state index is 15.3. The first kappa shape index (κ1) is 28.7. The Hall–Kier alpha value is -2.30. The number of unbranched alkanes of at least 4 members (excludes halogenated alkanes) is 3. The Morgan fingerprint density at radius 1 is 0.711 bits per heavy atom. The summed E-state index contributed by atoms with van der Waals surface area (Å²) in [6, 6.07) is 5.53. The van der Waals surface area contributed by atoms with Crippen molar-refractivity contribution in [2.75, 3.05) is 6.61 Å². The third-order valence-corrected chi connectivity index (χ3v) is 8.86. The van der Waals surface area contributed by atoms with Crippen molar-refractivity contribution >= 4 is 0 Å². The SMILES string of the molecule is C/C=C/C1CCC(C2CCC(c3ccc(-c4ccc(OCCCCCC)c(F)c4F)c(F)c3F)CC2)CC1. The van der Waals surface area contributed by atoms with E-state index in [2.05, 4.69) is 26.0 Å². The molecule has 2 aliphatic carbocycles. The first-order chi connectivity index (χ1) is 18.4. The van der Waals surface area contributed by atoms with Crippen LogP contribution in [0, 0.1) is 41.0 Å². The van der Waals surface area contributed by atoms with Crippen LogP contribution in [-0.2, 0) is 0 Å². The molecule has 2 aromatic carbocycles. The van der Waals surface area contributed by atoms with Gasteiger partial charge in [0.25, 0.3) is 0 Å². The molecule has 4 rings (SSSR count). The third-order valence-electron chi connectivity index (χ3n) is 8.86. The van der Waals surface area contributed by atoms with Gasteiger partial charge >= 0.3 is 0 Å². The summed E-state index contributed by atoms with van der Waals surface area (Å²) in [5.41, 5.74) is -0.195. The zero-order valence-corrected chi connectivity index (χ0v) is 22.9. The van der Waals surface area contributed by atoms with Gasteiger partial charge in [0.2, 0.25) is 5.82 Å². The Labute approximate surface area is 225 Å². The van der Waals surface area contributed by atoms with Gasteiger partial charge in [-0.15, -0.1) is 0 Å². The van der Waals surface area contributed by atoms with Crippen LogP contribution in [0.5, 0.6) is 5.75 Å². The lowest BCUT2D eigenvalue weighted by atomic mass is 9.68. The second-order valence-corrected chi connectivity index (χ2v) is 11.3. The molecule has 5 heteroatoms. The molecule has 1 nitrogen and oxygen atoms in total. The van der Waals surface area contributed by atoms with E-state index >= 15 is 8.78 Å². The molecule has 38 heavy (non-hydrogen) atoms. The fourth-order valence-corrected chi connectivity index (χ4v) is 6.63. The molecule has 0 spiro atoms. The van der Waals surface area contributed by atoms with Gasteiger partial charge in [0.1, 0.15) is 0 Å². The highest BCUT2D eigenvalue weighted by atomic mass is 19.2. The predicted octanol–water partition coefficient (Wildman–Crippen LogP) is 10.5. The molecule has 0 saturated heterocycles. The Morgan fingerprint density at radius 3 is 1.95 bits per heavy atom. The van der Waals surface area contributed by atoms with Crippen LogP contribution in [0.15, 0.2) is 36.4 Å². The lowest BCUT2D eigenvalue weighted by Crippen LogP contribution is -2.25. The molecular formula is C33H42F4O. The van der Waals surface area contributed by atoms with Crippen molar-refractivity contribution in [2.24, 2.45) is 17.8 Å². The van der Waals surface area contributed by atoms with Crippen molar-refractivity contribution in [2.45, 2.75) is 96.8 Å². The molecule has 0 aliphatic heterocycles. The summed E-state index contributed by atoms with van der Waals surface area (Å²) >= 11 is 0. The van der Waals surface area contributed by atoms with Gasteiger partial charge in [-0.1, -0.05) is 50.5 Å². The minimum atomic E-state index is -1.22. The first-order valence-electron chi connectivity index (χ1n) is 14.7. The van der Waals surface area contributed by atoms with Crippen LogP contribution in [0.2, 0.25) is 0 Å². The molecule has 0 radical (unpaired) electrons. The Kier molecular flexibility index (Phi) is 10.3. The van der Waals surface area contributed by atoms with Gasteiger partial charge in [-0.3, -0.25) is 0 Å². The molecule has 0 amide bonds. The number of rotatable bonds is 10. The molecule has 0 bridgehead atoms. The zero-order chi connectivity index (χ0) is 27.1. The number of hydrogen-bond donors (Lipinski definition) is 0. The maximum Gasteiger partial charge on any atom is 0.201 e. The molecule has 2 aromatic rings. The average Bonchev–Trinajstić information content (AvgIpc) is 2.93.